The zero-order valence-electron chi connectivity index (χ0n) is 7.61. The van der Waals surface area contributed by atoms with E-state index in [4.69, 9.17) is 0 Å². The Balaban J connectivity index is 2.64. The van der Waals surface area contributed by atoms with Crippen LogP contribution in [0.3, 0.4) is 0 Å². The van der Waals surface area contributed by atoms with Crippen LogP contribution in [0.25, 0.3) is 11.7 Å². The van der Waals surface area contributed by atoms with E-state index >= 15 is 0 Å². The van der Waals surface area contributed by atoms with Crippen molar-refractivity contribution in [1.82, 2.24) is 19.9 Å². The van der Waals surface area contributed by atoms with Crippen LogP contribution < -0.4 is 5.32 Å². The first kappa shape index (κ1) is 9.45. The molecule has 2 aromatic heterocycles. The Bertz CT molecular complexity index is 475. The highest BCUT2D eigenvalue weighted by Crippen LogP contribution is 2.14. The number of nitrogens with one attached hydrogen (secondary N) is 1. The molecule has 0 fully saturated rings. The number of fused-ring (bicyclic) bond motifs is 1. The molecule has 2 heterocycles. The summed E-state index contributed by atoms with van der Waals surface area (Å²) in [6, 6.07) is 3.98. The average Bonchev–Trinajstić information content (AvgIpc) is 2.64. The zero-order valence-corrected chi connectivity index (χ0v) is 9.76. The van der Waals surface area contributed by atoms with Crippen molar-refractivity contribution in [3.8, 4) is 0 Å². The summed E-state index contributed by atoms with van der Waals surface area (Å²) in [5.41, 5.74) is 1.90. The molecular formula is C9H9IN4. The molecule has 0 amide bonds. The molecule has 0 bridgehead atoms. The highest BCUT2D eigenvalue weighted by Gasteiger charge is 2.03. The molecule has 0 unspecified atom stereocenters. The van der Waals surface area contributed by atoms with Gasteiger partial charge in [-0.1, -0.05) is 0 Å². The third-order valence-electron chi connectivity index (χ3n) is 1.83. The minimum atomic E-state index is 0.862. The smallest absolute Gasteiger partial charge is 0.156 e. The predicted octanol–water partition coefficient (Wildman–Crippen LogP) is 1.52. The summed E-state index contributed by atoms with van der Waals surface area (Å²) in [6.07, 6.45) is 5.41. The van der Waals surface area contributed by atoms with E-state index in [0.717, 1.165) is 14.9 Å². The Morgan fingerprint density at radius 1 is 1.50 bits per heavy atom. The van der Waals surface area contributed by atoms with Crippen molar-refractivity contribution in [1.29, 1.82) is 0 Å². The Kier molecular flexibility index (Phi) is 2.67. The van der Waals surface area contributed by atoms with Crippen molar-refractivity contribution in [2.24, 2.45) is 0 Å². The topological polar surface area (TPSA) is 42.2 Å². The Hall–Kier alpha value is -1.11. The fourth-order valence-electron chi connectivity index (χ4n) is 1.20. The van der Waals surface area contributed by atoms with Gasteiger partial charge in [-0.15, -0.1) is 0 Å². The van der Waals surface area contributed by atoms with Crippen LogP contribution in [0.4, 0.5) is 0 Å². The number of nitrogens with zero attached hydrogens (tertiary/aromatic N) is 3. The lowest BCUT2D eigenvalue weighted by atomic mass is 10.3. The van der Waals surface area contributed by atoms with E-state index in [2.05, 4.69) is 38.0 Å². The van der Waals surface area contributed by atoms with E-state index < -0.39 is 0 Å². The Morgan fingerprint density at radius 3 is 3.14 bits per heavy atom. The second kappa shape index (κ2) is 3.95. The van der Waals surface area contributed by atoms with Crippen molar-refractivity contribution < 1.29 is 0 Å². The van der Waals surface area contributed by atoms with Gasteiger partial charge in [0.1, 0.15) is 6.33 Å². The van der Waals surface area contributed by atoms with E-state index in [1.54, 1.807) is 6.33 Å². The summed E-state index contributed by atoms with van der Waals surface area (Å²) in [6.45, 7) is 0. The van der Waals surface area contributed by atoms with Gasteiger partial charge >= 0.3 is 0 Å². The first-order valence-electron chi connectivity index (χ1n) is 4.15. The van der Waals surface area contributed by atoms with Gasteiger partial charge in [-0.25, -0.2) is 9.50 Å². The molecule has 0 saturated carbocycles. The number of pyridine rings is 1. The van der Waals surface area contributed by atoms with Crippen molar-refractivity contribution in [2.75, 3.05) is 7.05 Å². The molecule has 2 aromatic rings. The lowest BCUT2D eigenvalue weighted by molar-refractivity contribution is 0.940. The monoisotopic (exact) mass is 300 g/mol. The van der Waals surface area contributed by atoms with Gasteiger partial charge in [0.2, 0.25) is 0 Å². The molecule has 0 saturated heterocycles. The first-order valence-corrected chi connectivity index (χ1v) is 5.23. The lowest BCUT2D eigenvalue weighted by Crippen LogP contribution is -1.98. The van der Waals surface area contributed by atoms with Gasteiger partial charge in [-0.3, -0.25) is 0 Å². The summed E-state index contributed by atoms with van der Waals surface area (Å²) in [5, 5.41) is 7.11. The third kappa shape index (κ3) is 1.59. The molecule has 0 atom stereocenters. The molecule has 5 heteroatoms. The van der Waals surface area contributed by atoms with Crippen LogP contribution in [-0.2, 0) is 0 Å². The molecular weight excluding hydrogens is 291 g/mol. The number of halogens is 1. The van der Waals surface area contributed by atoms with Crippen molar-refractivity contribution >= 4 is 34.3 Å². The molecule has 0 radical (unpaired) electrons. The second-order valence-corrected chi connectivity index (χ2v) is 3.88. The highest BCUT2D eigenvalue weighted by atomic mass is 127. The van der Waals surface area contributed by atoms with Crippen LogP contribution in [-0.4, -0.2) is 21.6 Å². The molecule has 0 aliphatic rings. The molecule has 0 aliphatic carbocycles. The summed E-state index contributed by atoms with van der Waals surface area (Å²) in [7, 11) is 1.87. The summed E-state index contributed by atoms with van der Waals surface area (Å²) in [4.78, 5) is 4.12. The maximum atomic E-state index is 4.15. The van der Waals surface area contributed by atoms with Crippen molar-refractivity contribution in [2.45, 2.75) is 0 Å². The molecule has 1 N–H and O–H groups in total. The summed E-state index contributed by atoms with van der Waals surface area (Å²) in [5.74, 6) is 0. The molecule has 2 rings (SSSR count). The van der Waals surface area contributed by atoms with Crippen molar-refractivity contribution in [3.63, 3.8) is 0 Å². The summed E-state index contributed by atoms with van der Waals surface area (Å²) >= 11 is 2.28. The first-order chi connectivity index (χ1) is 6.83. The van der Waals surface area contributed by atoms with Gasteiger partial charge in [0.05, 0.1) is 5.69 Å². The van der Waals surface area contributed by atoms with E-state index in [1.807, 2.05) is 36.0 Å². The minimum Gasteiger partial charge on any atom is -0.394 e. The highest BCUT2D eigenvalue weighted by molar-refractivity contribution is 14.1. The maximum absolute atomic E-state index is 4.15. The van der Waals surface area contributed by atoms with Gasteiger partial charge in [-0.05, 0) is 47.0 Å². The Labute approximate surface area is 95.2 Å². The van der Waals surface area contributed by atoms with Gasteiger partial charge in [0, 0.05) is 10.6 Å². The zero-order chi connectivity index (χ0) is 9.97. The number of rotatable bonds is 2. The van der Waals surface area contributed by atoms with Gasteiger partial charge in [0.25, 0.3) is 0 Å². The van der Waals surface area contributed by atoms with Crippen LogP contribution in [0.1, 0.15) is 5.69 Å². The second-order valence-electron chi connectivity index (χ2n) is 2.72. The van der Waals surface area contributed by atoms with Crippen LogP contribution in [0.5, 0.6) is 0 Å². The fraction of sp³-hybridized carbons (Fsp3) is 0.111. The van der Waals surface area contributed by atoms with Crippen LogP contribution in [0.2, 0.25) is 0 Å². The van der Waals surface area contributed by atoms with E-state index in [1.165, 1.54) is 0 Å². The number of aromatic nitrogens is 3. The van der Waals surface area contributed by atoms with Gasteiger partial charge < -0.3 is 5.32 Å². The van der Waals surface area contributed by atoms with Crippen LogP contribution in [0.15, 0.2) is 24.7 Å². The standard InChI is InChI=1S/C9H9IN4/c1-11-5-4-8-7(10)2-3-9-12-6-13-14(8)9/h2-6,11H,1H3/b5-4+. The SMILES string of the molecule is CN/C=C/c1c(I)ccc2ncnn12. The summed E-state index contributed by atoms with van der Waals surface area (Å²) < 4.78 is 2.96. The number of hydrogen-bond donors (Lipinski definition) is 1. The van der Waals surface area contributed by atoms with Crippen LogP contribution >= 0.6 is 22.6 Å². The van der Waals surface area contributed by atoms with Gasteiger partial charge in [0.15, 0.2) is 5.65 Å². The lowest BCUT2D eigenvalue weighted by Gasteiger charge is -2.01. The van der Waals surface area contributed by atoms with Crippen molar-refractivity contribution in [3.05, 3.63) is 33.9 Å². The normalized spacial score (nSPS) is 11.3. The fourth-order valence-corrected chi connectivity index (χ4v) is 1.78. The quantitative estimate of drug-likeness (QED) is 0.855. The van der Waals surface area contributed by atoms with Crippen LogP contribution in [0, 0.1) is 3.57 Å². The largest absolute Gasteiger partial charge is 0.394 e. The molecule has 0 aromatic carbocycles. The molecule has 0 spiro atoms. The molecule has 0 aliphatic heterocycles. The third-order valence-corrected chi connectivity index (χ3v) is 2.75. The maximum Gasteiger partial charge on any atom is 0.156 e. The van der Waals surface area contributed by atoms with E-state index in [9.17, 15) is 0 Å². The Morgan fingerprint density at radius 2 is 2.36 bits per heavy atom. The van der Waals surface area contributed by atoms with E-state index in [-0.39, 0.29) is 0 Å². The predicted molar refractivity (Wildman–Crippen MR) is 63.8 cm³/mol. The minimum absolute atomic E-state index is 0.862. The molecule has 14 heavy (non-hydrogen) atoms. The van der Waals surface area contributed by atoms with Gasteiger partial charge in [-0.2, -0.15) is 5.10 Å². The molecule has 4 nitrogen and oxygen atoms in total. The molecule has 72 valence electrons. The average molecular weight is 300 g/mol. The van der Waals surface area contributed by atoms with E-state index in [0.29, 0.717) is 0 Å². The number of hydrogen-bond acceptors (Lipinski definition) is 3.